The van der Waals surface area contributed by atoms with Crippen molar-refractivity contribution in [1.82, 2.24) is 4.98 Å². The maximum absolute atomic E-state index is 5.68. The number of fused-ring (bicyclic) bond motifs is 1. The third-order valence-corrected chi connectivity index (χ3v) is 4.06. The van der Waals surface area contributed by atoms with Gasteiger partial charge in [0.15, 0.2) is 0 Å². The van der Waals surface area contributed by atoms with Crippen LogP contribution in [0.3, 0.4) is 0 Å². The van der Waals surface area contributed by atoms with E-state index >= 15 is 0 Å². The lowest BCUT2D eigenvalue weighted by Crippen LogP contribution is -2.43. The molecule has 1 aliphatic carbocycles. The van der Waals surface area contributed by atoms with Crippen LogP contribution in [0.1, 0.15) is 32.1 Å². The monoisotopic (exact) mass is 217 g/mol. The number of piperidine rings is 1. The van der Waals surface area contributed by atoms with Crippen LogP contribution in [-0.2, 0) is 0 Å². The Bertz CT molecular complexity index is 360. The first kappa shape index (κ1) is 9.94. The van der Waals surface area contributed by atoms with Crippen LogP contribution in [0.25, 0.3) is 0 Å². The average Bonchev–Trinajstić information content (AvgIpc) is 2.78. The Balaban J connectivity index is 1.85. The van der Waals surface area contributed by atoms with Gasteiger partial charge < -0.3 is 10.6 Å². The lowest BCUT2D eigenvalue weighted by atomic mass is 9.92. The zero-order chi connectivity index (χ0) is 11.0. The van der Waals surface area contributed by atoms with Gasteiger partial charge in [-0.05, 0) is 43.7 Å². The van der Waals surface area contributed by atoms with Gasteiger partial charge in [-0.3, -0.25) is 0 Å². The summed E-state index contributed by atoms with van der Waals surface area (Å²) < 4.78 is 0. The molecule has 2 heterocycles. The number of anilines is 2. The van der Waals surface area contributed by atoms with Crippen molar-refractivity contribution in [2.24, 2.45) is 5.92 Å². The van der Waals surface area contributed by atoms with E-state index in [1.54, 1.807) is 6.20 Å². The Hall–Kier alpha value is -1.25. The van der Waals surface area contributed by atoms with E-state index in [9.17, 15) is 0 Å². The summed E-state index contributed by atoms with van der Waals surface area (Å²) in [5, 5.41) is 0. The number of hydrogen-bond acceptors (Lipinski definition) is 3. The van der Waals surface area contributed by atoms with E-state index in [2.05, 4.69) is 16.0 Å². The average molecular weight is 217 g/mol. The number of pyridine rings is 1. The molecule has 1 aromatic rings. The highest BCUT2D eigenvalue weighted by Gasteiger charge is 2.35. The second-order valence-corrected chi connectivity index (χ2v) is 5.04. The summed E-state index contributed by atoms with van der Waals surface area (Å²) in [6, 6.07) is 4.77. The molecule has 0 amide bonds. The van der Waals surface area contributed by atoms with Crippen molar-refractivity contribution in [1.29, 1.82) is 0 Å². The van der Waals surface area contributed by atoms with Gasteiger partial charge in [-0.1, -0.05) is 6.42 Å². The van der Waals surface area contributed by atoms with Crippen LogP contribution in [0.5, 0.6) is 0 Å². The van der Waals surface area contributed by atoms with E-state index in [4.69, 9.17) is 5.73 Å². The summed E-state index contributed by atoms with van der Waals surface area (Å²) in [7, 11) is 0. The van der Waals surface area contributed by atoms with Crippen molar-refractivity contribution in [2.75, 3.05) is 17.2 Å². The Kier molecular flexibility index (Phi) is 2.46. The summed E-state index contributed by atoms with van der Waals surface area (Å²) in [6.07, 6.45) is 8.64. The topological polar surface area (TPSA) is 42.1 Å². The number of nitrogen functional groups attached to an aromatic ring is 1. The van der Waals surface area contributed by atoms with E-state index in [-0.39, 0.29) is 0 Å². The third-order valence-electron chi connectivity index (χ3n) is 4.06. The lowest BCUT2D eigenvalue weighted by Gasteiger charge is -2.38. The Morgan fingerprint density at radius 2 is 2.06 bits per heavy atom. The van der Waals surface area contributed by atoms with E-state index in [0.29, 0.717) is 0 Å². The fourth-order valence-corrected chi connectivity index (χ4v) is 3.31. The molecule has 2 aliphatic rings. The standard InChI is InChI=1S/C13H19N3/c14-11-6-7-13(15-9-11)16-8-2-4-10-3-1-5-12(10)16/h6-7,9-10,12H,1-5,8,14H2. The van der Waals surface area contributed by atoms with Gasteiger partial charge >= 0.3 is 0 Å². The Morgan fingerprint density at radius 3 is 2.88 bits per heavy atom. The van der Waals surface area contributed by atoms with E-state index in [1.807, 2.05) is 6.07 Å². The van der Waals surface area contributed by atoms with E-state index in [0.717, 1.165) is 30.0 Å². The predicted octanol–water partition coefficient (Wildman–Crippen LogP) is 2.43. The normalized spacial score (nSPS) is 29.1. The molecule has 2 unspecified atom stereocenters. The molecule has 1 saturated heterocycles. The SMILES string of the molecule is Nc1ccc(N2CCCC3CCCC32)nc1. The number of hydrogen-bond donors (Lipinski definition) is 1. The molecule has 0 bridgehead atoms. The van der Waals surface area contributed by atoms with Crippen LogP contribution in [0, 0.1) is 5.92 Å². The maximum atomic E-state index is 5.68. The maximum Gasteiger partial charge on any atom is 0.128 e. The summed E-state index contributed by atoms with van der Waals surface area (Å²) in [4.78, 5) is 6.96. The highest BCUT2D eigenvalue weighted by Crippen LogP contribution is 2.38. The predicted molar refractivity (Wildman–Crippen MR) is 66.4 cm³/mol. The second kappa shape index (κ2) is 3.96. The first-order valence-electron chi connectivity index (χ1n) is 6.33. The number of aromatic nitrogens is 1. The largest absolute Gasteiger partial charge is 0.397 e. The van der Waals surface area contributed by atoms with Crippen LogP contribution in [0.4, 0.5) is 11.5 Å². The molecule has 1 aromatic heterocycles. The van der Waals surface area contributed by atoms with Crippen LogP contribution < -0.4 is 10.6 Å². The van der Waals surface area contributed by atoms with Crippen molar-refractivity contribution in [3.63, 3.8) is 0 Å². The molecule has 3 nitrogen and oxygen atoms in total. The molecular weight excluding hydrogens is 198 g/mol. The molecule has 0 aromatic carbocycles. The summed E-state index contributed by atoms with van der Waals surface area (Å²) >= 11 is 0. The third kappa shape index (κ3) is 1.64. The molecule has 2 fully saturated rings. The van der Waals surface area contributed by atoms with Gasteiger partial charge in [0, 0.05) is 12.6 Å². The minimum Gasteiger partial charge on any atom is -0.397 e. The molecule has 16 heavy (non-hydrogen) atoms. The van der Waals surface area contributed by atoms with Gasteiger partial charge in [0.05, 0.1) is 11.9 Å². The summed E-state index contributed by atoms with van der Waals surface area (Å²) in [5.74, 6) is 2.03. The van der Waals surface area contributed by atoms with Crippen molar-refractivity contribution < 1.29 is 0 Å². The molecule has 3 rings (SSSR count). The highest BCUT2D eigenvalue weighted by atomic mass is 15.2. The van der Waals surface area contributed by atoms with Crippen molar-refractivity contribution in [3.8, 4) is 0 Å². The first-order chi connectivity index (χ1) is 7.84. The molecule has 0 radical (unpaired) electrons. The number of nitrogens with zero attached hydrogens (tertiary/aromatic N) is 2. The molecule has 2 atom stereocenters. The Morgan fingerprint density at radius 1 is 1.19 bits per heavy atom. The smallest absolute Gasteiger partial charge is 0.128 e. The van der Waals surface area contributed by atoms with E-state index in [1.165, 1.54) is 32.1 Å². The number of rotatable bonds is 1. The highest BCUT2D eigenvalue weighted by molar-refractivity contribution is 5.47. The van der Waals surface area contributed by atoms with Gasteiger partial charge in [0.25, 0.3) is 0 Å². The van der Waals surface area contributed by atoms with E-state index < -0.39 is 0 Å². The fraction of sp³-hybridized carbons (Fsp3) is 0.615. The van der Waals surface area contributed by atoms with Gasteiger partial charge in [0.2, 0.25) is 0 Å². The van der Waals surface area contributed by atoms with Gasteiger partial charge in [-0.25, -0.2) is 4.98 Å². The van der Waals surface area contributed by atoms with Crippen molar-refractivity contribution in [3.05, 3.63) is 18.3 Å². The van der Waals surface area contributed by atoms with Gasteiger partial charge in [-0.2, -0.15) is 0 Å². The first-order valence-corrected chi connectivity index (χ1v) is 6.33. The summed E-state index contributed by atoms with van der Waals surface area (Å²) in [5.41, 5.74) is 6.44. The van der Waals surface area contributed by atoms with Gasteiger partial charge in [-0.15, -0.1) is 0 Å². The molecule has 3 heteroatoms. The molecule has 0 spiro atoms. The van der Waals surface area contributed by atoms with Crippen molar-refractivity contribution >= 4 is 11.5 Å². The van der Waals surface area contributed by atoms with Gasteiger partial charge in [0.1, 0.15) is 5.82 Å². The number of nitrogens with two attached hydrogens (primary N) is 1. The van der Waals surface area contributed by atoms with Crippen LogP contribution in [0.2, 0.25) is 0 Å². The van der Waals surface area contributed by atoms with Crippen molar-refractivity contribution in [2.45, 2.75) is 38.1 Å². The molecule has 1 aliphatic heterocycles. The van der Waals surface area contributed by atoms with Crippen LogP contribution in [-0.4, -0.2) is 17.6 Å². The fourth-order valence-electron chi connectivity index (χ4n) is 3.31. The molecule has 1 saturated carbocycles. The molecule has 2 N–H and O–H groups in total. The second-order valence-electron chi connectivity index (χ2n) is 5.04. The minimum atomic E-state index is 0.741. The van der Waals surface area contributed by atoms with Crippen LogP contribution >= 0.6 is 0 Å². The summed E-state index contributed by atoms with van der Waals surface area (Å²) in [6.45, 7) is 1.16. The molecule has 86 valence electrons. The Labute approximate surface area is 96.7 Å². The quantitative estimate of drug-likeness (QED) is 0.785. The zero-order valence-electron chi connectivity index (χ0n) is 9.60. The molecular formula is C13H19N3. The minimum absolute atomic E-state index is 0.741. The zero-order valence-corrected chi connectivity index (χ0v) is 9.60. The van der Waals surface area contributed by atoms with Crippen LogP contribution in [0.15, 0.2) is 18.3 Å². The lowest BCUT2D eigenvalue weighted by molar-refractivity contribution is 0.360.